The lowest BCUT2D eigenvalue weighted by atomic mass is 10.0. The van der Waals surface area contributed by atoms with Crippen LogP contribution in [-0.2, 0) is 9.59 Å². The van der Waals surface area contributed by atoms with Gasteiger partial charge in [0.25, 0.3) is 11.8 Å². The van der Waals surface area contributed by atoms with Crippen LogP contribution in [0.1, 0.15) is 16.7 Å². The molecule has 0 aromatic heterocycles. The Morgan fingerprint density at radius 1 is 0.882 bits per heavy atom. The Bertz CT molecular complexity index is 1340. The predicted octanol–water partition coefficient (Wildman–Crippen LogP) is 4.48. The molecule has 0 saturated heterocycles. The quantitative estimate of drug-likeness (QED) is 0.571. The molecule has 0 unspecified atom stereocenters. The molecule has 1 N–H and O–H groups in total. The fraction of sp³-hybridized carbons (Fsp3) is 0.185. The van der Waals surface area contributed by atoms with Gasteiger partial charge in [-0.2, -0.15) is 0 Å². The second-order valence-corrected chi connectivity index (χ2v) is 8.10. The molecule has 0 aliphatic carbocycles. The van der Waals surface area contributed by atoms with Gasteiger partial charge in [0.1, 0.15) is 24.7 Å². The number of benzene rings is 3. The number of rotatable bonds is 5. The Labute approximate surface area is 197 Å². The van der Waals surface area contributed by atoms with Crippen molar-refractivity contribution in [1.82, 2.24) is 0 Å². The Kier molecular flexibility index (Phi) is 5.45. The maximum atomic E-state index is 13.8. The lowest BCUT2D eigenvalue weighted by Crippen LogP contribution is -2.33. The highest BCUT2D eigenvalue weighted by Crippen LogP contribution is 2.40. The van der Waals surface area contributed by atoms with Crippen LogP contribution in [0.4, 0.5) is 11.4 Å². The van der Waals surface area contributed by atoms with E-state index in [2.05, 4.69) is 5.32 Å². The number of carbonyl (C=O) groups is 2. The van der Waals surface area contributed by atoms with Gasteiger partial charge in [-0.15, -0.1) is 0 Å². The molecule has 2 heterocycles. The first-order valence-electron chi connectivity index (χ1n) is 11.0. The van der Waals surface area contributed by atoms with Crippen LogP contribution >= 0.6 is 0 Å². The zero-order chi connectivity index (χ0) is 23.8. The summed E-state index contributed by atoms with van der Waals surface area (Å²) in [5.41, 5.74) is 3.98. The van der Waals surface area contributed by atoms with Crippen LogP contribution in [0.3, 0.4) is 0 Å². The summed E-state index contributed by atoms with van der Waals surface area (Å²) in [7, 11) is 1.54. The third-order valence-electron chi connectivity index (χ3n) is 6.09. The summed E-state index contributed by atoms with van der Waals surface area (Å²) >= 11 is 0. The van der Waals surface area contributed by atoms with Crippen molar-refractivity contribution >= 4 is 28.8 Å². The largest absolute Gasteiger partial charge is 0.496 e. The SMILES string of the molecule is COc1ccccc1C1=C(Nc2ccc3c(c2)OCCO3)C(=O)N(c2cccc(C)c2C)C1=O. The highest BCUT2D eigenvalue weighted by atomic mass is 16.6. The monoisotopic (exact) mass is 456 g/mol. The van der Waals surface area contributed by atoms with Crippen molar-refractivity contribution in [1.29, 1.82) is 0 Å². The normalized spacial score (nSPS) is 15.1. The number of imide groups is 1. The first-order chi connectivity index (χ1) is 16.5. The molecular formula is C27H24N2O5. The number of hydrogen-bond acceptors (Lipinski definition) is 6. The van der Waals surface area contributed by atoms with Crippen molar-refractivity contribution in [3.05, 3.63) is 83.1 Å². The number of carbonyl (C=O) groups excluding carboxylic acids is 2. The van der Waals surface area contributed by atoms with Crippen molar-refractivity contribution in [2.24, 2.45) is 0 Å². The fourth-order valence-corrected chi connectivity index (χ4v) is 4.21. The summed E-state index contributed by atoms with van der Waals surface area (Å²) in [4.78, 5) is 28.8. The van der Waals surface area contributed by atoms with Gasteiger partial charge in [0, 0.05) is 17.3 Å². The number of fused-ring (bicyclic) bond motifs is 1. The lowest BCUT2D eigenvalue weighted by molar-refractivity contribution is -0.120. The molecule has 3 aromatic rings. The van der Waals surface area contributed by atoms with E-state index in [0.29, 0.717) is 47.4 Å². The number of para-hydroxylation sites is 1. The number of hydrogen-bond donors (Lipinski definition) is 1. The Balaban J connectivity index is 1.64. The number of ether oxygens (including phenoxy) is 3. The molecule has 0 bridgehead atoms. The first kappa shape index (κ1) is 21.6. The molecule has 0 fully saturated rings. The average Bonchev–Trinajstić information content (AvgIpc) is 3.09. The van der Waals surface area contributed by atoms with Crippen molar-refractivity contribution < 1.29 is 23.8 Å². The summed E-state index contributed by atoms with van der Waals surface area (Å²) in [6.45, 7) is 4.79. The topological polar surface area (TPSA) is 77.1 Å². The summed E-state index contributed by atoms with van der Waals surface area (Å²) in [5.74, 6) is 0.876. The van der Waals surface area contributed by atoms with Gasteiger partial charge in [0.05, 0.1) is 18.4 Å². The van der Waals surface area contributed by atoms with E-state index >= 15 is 0 Å². The van der Waals surface area contributed by atoms with E-state index in [1.54, 1.807) is 36.4 Å². The van der Waals surface area contributed by atoms with Gasteiger partial charge in [-0.3, -0.25) is 9.59 Å². The predicted molar refractivity (Wildman–Crippen MR) is 129 cm³/mol. The van der Waals surface area contributed by atoms with Crippen molar-refractivity contribution in [2.45, 2.75) is 13.8 Å². The smallest absolute Gasteiger partial charge is 0.282 e. The molecular weight excluding hydrogens is 432 g/mol. The van der Waals surface area contributed by atoms with Crippen molar-refractivity contribution in [3.8, 4) is 17.2 Å². The maximum absolute atomic E-state index is 13.8. The lowest BCUT2D eigenvalue weighted by Gasteiger charge is -2.20. The zero-order valence-corrected chi connectivity index (χ0v) is 19.2. The van der Waals surface area contributed by atoms with Crippen LogP contribution in [-0.4, -0.2) is 32.1 Å². The third kappa shape index (κ3) is 3.55. The Hall–Kier alpha value is -4.26. The molecule has 2 aliphatic rings. The Morgan fingerprint density at radius 3 is 2.44 bits per heavy atom. The van der Waals surface area contributed by atoms with Crippen LogP contribution in [0.5, 0.6) is 17.2 Å². The minimum atomic E-state index is -0.436. The summed E-state index contributed by atoms with van der Waals surface area (Å²) < 4.78 is 16.8. The van der Waals surface area contributed by atoms with E-state index in [0.717, 1.165) is 11.1 Å². The van der Waals surface area contributed by atoms with Gasteiger partial charge >= 0.3 is 0 Å². The molecule has 0 radical (unpaired) electrons. The van der Waals surface area contributed by atoms with Crippen LogP contribution in [0, 0.1) is 13.8 Å². The second-order valence-electron chi connectivity index (χ2n) is 8.10. The summed E-state index contributed by atoms with van der Waals surface area (Å²) in [6.07, 6.45) is 0. The number of methoxy groups -OCH3 is 1. The highest BCUT2D eigenvalue weighted by Gasteiger charge is 2.42. The van der Waals surface area contributed by atoms with E-state index in [1.807, 2.05) is 38.1 Å². The molecule has 2 aliphatic heterocycles. The van der Waals surface area contributed by atoms with Crippen molar-refractivity contribution in [3.63, 3.8) is 0 Å². The molecule has 172 valence electrons. The maximum Gasteiger partial charge on any atom is 0.282 e. The molecule has 0 saturated carbocycles. The van der Waals surface area contributed by atoms with Crippen LogP contribution in [0.25, 0.3) is 5.57 Å². The zero-order valence-electron chi connectivity index (χ0n) is 19.2. The van der Waals surface area contributed by atoms with Gasteiger partial charge < -0.3 is 19.5 Å². The fourth-order valence-electron chi connectivity index (χ4n) is 4.21. The van der Waals surface area contributed by atoms with E-state index in [1.165, 1.54) is 12.0 Å². The molecule has 0 atom stereocenters. The summed E-state index contributed by atoms with van der Waals surface area (Å²) in [6, 6.07) is 18.1. The van der Waals surface area contributed by atoms with Crippen molar-refractivity contribution in [2.75, 3.05) is 30.5 Å². The minimum Gasteiger partial charge on any atom is -0.496 e. The van der Waals surface area contributed by atoms with E-state index in [4.69, 9.17) is 14.2 Å². The van der Waals surface area contributed by atoms with E-state index in [9.17, 15) is 9.59 Å². The number of nitrogens with one attached hydrogen (secondary N) is 1. The molecule has 2 amide bonds. The van der Waals surface area contributed by atoms with Gasteiger partial charge in [0.2, 0.25) is 0 Å². The number of amides is 2. The van der Waals surface area contributed by atoms with Gasteiger partial charge in [-0.05, 0) is 49.2 Å². The molecule has 34 heavy (non-hydrogen) atoms. The van der Waals surface area contributed by atoms with E-state index < -0.39 is 11.8 Å². The molecule has 0 spiro atoms. The van der Waals surface area contributed by atoms with Crippen LogP contribution < -0.4 is 24.4 Å². The molecule has 5 rings (SSSR count). The third-order valence-corrected chi connectivity index (χ3v) is 6.09. The number of anilines is 2. The van der Waals surface area contributed by atoms with Crippen LogP contribution in [0.2, 0.25) is 0 Å². The summed E-state index contributed by atoms with van der Waals surface area (Å²) in [5, 5.41) is 3.18. The van der Waals surface area contributed by atoms with Gasteiger partial charge in [-0.25, -0.2) is 4.90 Å². The Morgan fingerprint density at radius 2 is 1.65 bits per heavy atom. The molecule has 7 nitrogen and oxygen atoms in total. The van der Waals surface area contributed by atoms with Crippen LogP contribution in [0.15, 0.2) is 66.4 Å². The minimum absolute atomic E-state index is 0.173. The second kappa shape index (κ2) is 8.59. The number of nitrogens with zero attached hydrogens (tertiary/aromatic N) is 1. The standard InChI is InChI=1S/C27H24N2O5/c1-16-7-6-9-20(17(16)2)29-26(30)24(19-8-4-5-10-21(19)32-3)25(27(29)31)28-18-11-12-22-23(15-18)34-14-13-33-22/h4-12,15,28H,13-14H2,1-3H3. The molecule has 3 aromatic carbocycles. The number of aryl methyl sites for hydroxylation is 1. The molecule has 7 heteroatoms. The van der Waals surface area contributed by atoms with E-state index in [-0.39, 0.29) is 11.3 Å². The van der Waals surface area contributed by atoms with Gasteiger partial charge in [0.15, 0.2) is 11.5 Å². The van der Waals surface area contributed by atoms with Gasteiger partial charge in [-0.1, -0.05) is 30.3 Å². The highest BCUT2D eigenvalue weighted by molar-refractivity contribution is 6.46. The first-order valence-corrected chi connectivity index (χ1v) is 11.0. The average molecular weight is 456 g/mol.